The number of alkyl carbamates (subject to hydrolysis) is 1. The molecule has 1 fully saturated rings. The highest BCUT2D eigenvalue weighted by molar-refractivity contribution is 5.96. The number of esters is 1. The minimum Gasteiger partial charge on any atom is -0.466 e. The molecule has 0 aromatic heterocycles. The van der Waals surface area contributed by atoms with Crippen molar-refractivity contribution in [1.82, 2.24) is 5.32 Å². The third-order valence-corrected chi connectivity index (χ3v) is 4.88. The molecule has 0 spiro atoms. The van der Waals surface area contributed by atoms with Gasteiger partial charge in [-0.3, -0.25) is 9.59 Å². The standard InChI is InChI=1S/C23H25NO5/c1-2-28-22(26)19-14-18(19)21(25)20(13-16-9-5-3-6-10-16)24-23(27)29-15-17-11-7-4-8-12-17/h3-12,18-20H,2,13-15H2,1H3,(H,24,27)/t18?,19?,20-/m0/s1. The summed E-state index contributed by atoms with van der Waals surface area (Å²) in [4.78, 5) is 37.2. The van der Waals surface area contributed by atoms with Crippen molar-refractivity contribution in [2.24, 2.45) is 11.8 Å². The summed E-state index contributed by atoms with van der Waals surface area (Å²) >= 11 is 0. The molecule has 2 aromatic carbocycles. The first-order chi connectivity index (χ1) is 14.1. The number of ether oxygens (including phenoxy) is 2. The van der Waals surface area contributed by atoms with E-state index in [2.05, 4.69) is 5.32 Å². The van der Waals surface area contributed by atoms with Gasteiger partial charge in [0.2, 0.25) is 0 Å². The van der Waals surface area contributed by atoms with Gasteiger partial charge in [0.05, 0.1) is 18.6 Å². The van der Waals surface area contributed by atoms with Gasteiger partial charge in [-0.1, -0.05) is 60.7 Å². The normalized spacial score (nSPS) is 18.4. The molecular weight excluding hydrogens is 370 g/mol. The maximum atomic E-state index is 13.0. The zero-order chi connectivity index (χ0) is 20.6. The molecule has 0 heterocycles. The summed E-state index contributed by atoms with van der Waals surface area (Å²) in [5, 5.41) is 2.69. The lowest BCUT2D eigenvalue weighted by Crippen LogP contribution is -2.43. The summed E-state index contributed by atoms with van der Waals surface area (Å²) in [5.74, 6) is -1.35. The first-order valence-electron chi connectivity index (χ1n) is 9.80. The lowest BCUT2D eigenvalue weighted by Gasteiger charge is -2.18. The molecule has 1 saturated carbocycles. The van der Waals surface area contributed by atoms with Gasteiger partial charge in [0.1, 0.15) is 6.61 Å². The van der Waals surface area contributed by atoms with E-state index >= 15 is 0 Å². The zero-order valence-electron chi connectivity index (χ0n) is 16.4. The molecule has 3 rings (SSSR count). The lowest BCUT2D eigenvalue weighted by atomic mass is 9.99. The molecule has 0 saturated heterocycles. The summed E-state index contributed by atoms with van der Waals surface area (Å²) in [6, 6.07) is 18.0. The Morgan fingerprint density at radius 1 is 0.931 bits per heavy atom. The van der Waals surface area contributed by atoms with E-state index in [1.54, 1.807) is 6.92 Å². The second-order valence-corrected chi connectivity index (χ2v) is 7.05. The molecule has 1 N–H and O–H groups in total. The van der Waals surface area contributed by atoms with Crippen LogP contribution in [0.3, 0.4) is 0 Å². The molecule has 6 heteroatoms. The largest absolute Gasteiger partial charge is 0.466 e. The van der Waals surface area contributed by atoms with Crippen LogP contribution in [0.5, 0.6) is 0 Å². The molecule has 1 aliphatic rings. The Bertz CT molecular complexity index is 837. The molecule has 2 unspecified atom stereocenters. The fourth-order valence-corrected chi connectivity index (χ4v) is 3.26. The number of carbonyl (C=O) groups is 3. The Labute approximate surface area is 170 Å². The van der Waals surface area contributed by atoms with E-state index in [1.807, 2.05) is 60.7 Å². The summed E-state index contributed by atoms with van der Waals surface area (Å²) in [5.41, 5.74) is 1.78. The van der Waals surface area contributed by atoms with Crippen LogP contribution in [-0.4, -0.2) is 30.5 Å². The van der Waals surface area contributed by atoms with Crippen LogP contribution in [0.2, 0.25) is 0 Å². The average Bonchev–Trinajstić information content (AvgIpc) is 3.54. The predicted molar refractivity (Wildman–Crippen MR) is 107 cm³/mol. The number of benzene rings is 2. The van der Waals surface area contributed by atoms with Gasteiger partial charge in [-0.2, -0.15) is 0 Å². The average molecular weight is 395 g/mol. The molecule has 0 bridgehead atoms. The molecule has 1 amide bonds. The Morgan fingerprint density at radius 2 is 1.55 bits per heavy atom. The quantitative estimate of drug-likeness (QED) is 0.659. The van der Waals surface area contributed by atoms with Crippen LogP contribution >= 0.6 is 0 Å². The lowest BCUT2D eigenvalue weighted by molar-refractivity contribution is -0.146. The van der Waals surface area contributed by atoms with E-state index < -0.39 is 24.0 Å². The van der Waals surface area contributed by atoms with Crippen molar-refractivity contribution < 1.29 is 23.9 Å². The minimum absolute atomic E-state index is 0.119. The van der Waals surface area contributed by atoms with Gasteiger partial charge in [0, 0.05) is 5.92 Å². The number of ketones is 1. The highest BCUT2D eigenvalue weighted by Gasteiger charge is 2.50. The maximum absolute atomic E-state index is 13.0. The molecule has 1 aliphatic carbocycles. The molecule has 152 valence electrons. The van der Waals surface area contributed by atoms with Gasteiger partial charge >= 0.3 is 12.1 Å². The van der Waals surface area contributed by atoms with Crippen LogP contribution in [0.15, 0.2) is 60.7 Å². The van der Waals surface area contributed by atoms with Crippen molar-refractivity contribution in [3.05, 3.63) is 71.8 Å². The second-order valence-electron chi connectivity index (χ2n) is 7.05. The van der Waals surface area contributed by atoms with Gasteiger partial charge < -0.3 is 14.8 Å². The second kappa shape index (κ2) is 9.87. The van der Waals surface area contributed by atoms with E-state index in [4.69, 9.17) is 9.47 Å². The Balaban J connectivity index is 1.62. The number of rotatable bonds is 9. The van der Waals surface area contributed by atoms with Crippen molar-refractivity contribution in [1.29, 1.82) is 0 Å². The molecular formula is C23H25NO5. The Morgan fingerprint density at radius 3 is 2.17 bits per heavy atom. The van der Waals surface area contributed by atoms with Crippen molar-refractivity contribution in [2.75, 3.05) is 6.61 Å². The topological polar surface area (TPSA) is 81.7 Å². The van der Waals surface area contributed by atoms with Crippen molar-refractivity contribution in [2.45, 2.75) is 32.4 Å². The minimum atomic E-state index is -0.759. The summed E-state index contributed by atoms with van der Waals surface area (Å²) < 4.78 is 10.3. The SMILES string of the molecule is CCOC(=O)C1CC1C(=O)[C@H](Cc1ccccc1)NC(=O)OCc1ccccc1. The van der Waals surface area contributed by atoms with Crippen molar-refractivity contribution >= 4 is 17.8 Å². The van der Waals surface area contributed by atoms with E-state index in [0.717, 1.165) is 11.1 Å². The molecule has 3 atom stereocenters. The van der Waals surface area contributed by atoms with Crippen LogP contribution in [0, 0.1) is 11.8 Å². The number of hydrogen-bond donors (Lipinski definition) is 1. The molecule has 6 nitrogen and oxygen atoms in total. The molecule has 0 radical (unpaired) electrons. The number of hydrogen-bond acceptors (Lipinski definition) is 5. The fraction of sp³-hybridized carbons (Fsp3) is 0.348. The first kappa shape index (κ1) is 20.6. The molecule has 29 heavy (non-hydrogen) atoms. The van der Waals surface area contributed by atoms with Crippen LogP contribution in [0.4, 0.5) is 4.79 Å². The van der Waals surface area contributed by atoms with Crippen LogP contribution in [0.1, 0.15) is 24.5 Å². The third-order valence-electron chi connectivity index (χ3n) is 4.88. The van der Waals surface area contributed by atoms with Gasteiger partial charge in [-0.25, -0.2) is 4.79 Å². The van der Waals surface area contributed by atoms with Crippen LogP contribution < -0.4 is 5.32 Å². The van der Waals surface area contributed by atoms with E-state index in [1.165, 1.54) is 0 Å². The Kier molecular flexibility index (Phi) is 7.00. The smallest absolute Gasteiger partial charge is 0.408 e. The highest BCUT2D eigenvalue weighted by atomic mass is 16.5. The van der Waals surface area contributed by atoms with E-state index in [-0.39, 0.29) is 25.0 Å². The highest BCUT2D eigenvalue weighted by Crippen LogP contribution is 2.41. The van der Waals surface area contributed by atoms with Gasteiger partial charge in [0.15, 0.2) is 5.78 Å². The Hall–Kier alpha value is -3.15. The summed E-state index contributed by atoms with van der Waals surface area (Å²) in [6.45, 7) is 2.14. The monoisotopic (exact) mass is 395 g/mol. The zero-order valence-corrected chi connectivity index (χ0v) is 16.4. The first-order valence-corrected chi connectivity index (χ1v) is 9.80. The molecule has 0 aliphatic heterocycles. The van der Waals surface area contributed by atoms with Gasteiger partial charge in [-0.15, -0.1) is 0 Å². The van der Waals surface area contributed by atoms with Gasteiger partial charge in [-0.05, 0) is 30.9 Å². The number of carbonyl (C=O) groups excluding carboxylic acids is 3. The number of Topliss-reactive ketones (excluding diaryl/α,β-unsaturated/α-hetero) is 1. The number of amides is 1. The van der Waals surface area contributed by atoms with Gasteiger partial charge in [0.25, 0.3) is 0 Å². The van der Waals surface area contributed by atoms with Crippen molar-refractivity contribution in [3.63, 3.8) is 0 Å². The summed E-state index contributed by atoms with van der Waals surface area (Å²) in [7, 11) is 0. The molecule has 2 aromatic rings. The van der Waals surface area contributed by atoms with E-state index in [9.17, 15) is 14.4 Å². The maximum Gasteiger partial charge on any atom is 0.408 e. The van der Waals surface area contributed by atoms with Crippen LogP contribution in [-0.2, 0) is 32.1 Å². The fourth-order valence-electron chi connectivity index (χ4n) is 3.26. The summed E-state index contributed by atoms with van der Waals surface area (Å²) in [6.07, 6.45) is 0.145. The predicted octanol–water partition coefficient (Wildman–Crippen LogP) is 3.29. The number of nitrogens with one attached hydrogen (secondary N) is 1. The third kappa shape index (κ3) is 5.91. The van der Waals surface area contributed by atoms with Crippen molar-refractivity contribution in [3.8, 4) is 0 Å². The van der Waals surface area contributed by atoms with E-state index in [0.29, 0.717) is 12.8 Å². The van der Waals surface area contributed by atoms with Crippen LogP contribution in [0.25, 0.3) is 0 Å².